The van der Waals surface area contributed by atoms with Crippen molar-refractivity contribution in [2.24, 2.45) is 0 Å². The van der Waals surface area contributed by atoms with Crippen LogP contribution in [0.5, 0.6) is 0 Å². The van der Waals surface area contributed by atoms with Crippen molar-refractivity contribution in [3.63, 3.8) is 0 Å². The van der Waals surface area contributed by atoms with Crippen LogP contribution in [0.15, 0.2) is 30.3 Å². The number of H-pyrrole nitrogens is 2. The molecular formula is C28H36N2O4. The van der Waals surface area contributed by atoms with Gasteiger partial charge in [-0.15, -0.1) is 0 Å². The predicted molar refractivity (Wildman–Crippen MR) is 133 cm³/mol. The molecule has 3 aromatic rings. The Morgan fingerprint density at radius 1 is 0.824 bits per heavy atom. The van der Waals surface area contributed by atoms with Crippen molar-refractivity contribution in [2.75, 3.05) is 0 Å². The van der Waals surface area contributed by atoms with Gasteiger partial charge in [0.1, 0.15) is 23.6 Å². The van der Waals surface area contributed by atoms with E-state index in [1.807, 2.05) is 71.9 Å². The van der Waals surface area contributed by atoms with Crippen LogP contribution in [0.2, 0.25) is 0 Å². The van der Waals surface area contributed by atoms with Crippen LogP contribution in [0.1, 0.15) is 94.8 Å². The largest absolute Gasteiger partial charge is 0.456 e. The zero-order chi connectivity index (χ0) is 25.0. The van der Waals surface area contributed by atoms with Gasteiger partial charge in [0.15, 0.2) is 0 Å². The summed E-state index contributed by atoms with van der Waals surface area (Å²) >= 11 is 0. The maximum absolute atomic E-state index is 12.8. The number of ether oxygens (including phenoxy) is 2. The molecule has 0 aliphatic carbocycles. The monoisotopic (exact) mass is 464 g/mol. The third-order valence-corrected chi connectivity index (χ3v) is 6.03. The molecule has 0 unspecified atom stereocenters. The van der Waals surface area contributed by atoms with Gasteiger partial charge in [0.05, 0.1) is 0 Å². The molecule has 0 fully saturated rings. The second-order valence-corrected chi connectivity index (χ2v) is 9.61. The summed E-state index contributed by atoms with van der Waals surface area (Å²) in [4.78, 5) is 32.3. The second-order valence-electron chi connectivity index (χ2n) is 9.61. The number of esters is 2. The smallest absolute Gasteiger partial charge is 0.355 e. The molecule has 0 bridgehead atoms. The van der Waals surface area contributed by atoms with Crippen molar-refractivity contribution in [3.05, 3.63) is 80.9 Å². The number of aromatic amines is 2. The Balaban J connectivity index is 1.87. The van der Waals surface area contributed by atoms with Crippen LogP contribution in [-0.4, -0.2) is 27.5 Å². The summed E-state index contributed by atoms with van der Waals surface area (Å²) < 4.78 is 11.2. The van der Waals surface area contributed by atoms with Crippen molar-refractivity contribution in [3.8, 4) is 0 Å². The highest BCUT2D eigenvalue weighted by molar-refractivity contribution is 5.91. The van der Waals surface area contributed by atoms with Gasteiger partial charge >= 0.3 is 11.9 Å². The molecule has 0 aliphatic rings. The molecule has 0 atom stereocenters. The van der Waals surface area contributed by atoms with Gasteiger partial charge in [0.25, 0.3) is 0 Å². The van der Waals surface area contributed by atoms with E-state index in [1.165, 1.54) is 0 Å². The molecular weight excluding hydrogens is 428 g/mol. The SMILES string of the molecule is CCc1c(Cc2[nH]c(C(=O)OC(C)(C)C)c(CC)c2C)[nH]c(C(=O)OCc2ccccc2)c1C. The minimum absolute atomic E-state index is 0.226. The van der Waals surface area contributed by atoms with Gasteiger partial charge in [0.2, 0.25) is 0 Å². The molecule has 2 aromatic heterocycles. The van der Waals surface area contributed by atoms with E-state index in [9.17, 15) is 9.59 Å². The van der Waals surface area contributed by atoms with Crippen molar-refractivity contribution in [1.29, 1.82) is 0 Å². The molecule has 182 valence electrons. The fourth-order valence-electron chi connectivity index (χ4n) is 4.31. The summed E-state index contributed by atoms with van der Waals surface area (Å²) in [5.41, 5.74) is 7.28. The Labute approximate surface area is 202 Å². The van der Waals surface area contributed by atoms with Crippen molar-refractivity contribution in [1.82, 2.24) is 9.97 Å². The van der Waals surface area contributed by atoms with Crippen molar-refractivity contribution >= 4 is 11.9 Å². The van der Waals surface area contributed by atoms with E-state index in [0.717, 1.165) is 52.0 Å². The van der Waals surface area contributed by atoms with E-state index in [-0.39, 0.29) is 18.5 Å². The van der Waals surface area contributed by atoms with Crippen LogP contribution in [-0.2, 0) is 35.3 Å². The molecule has 1 aromatic carbocycles. The molecule has 0 amide bonds. The number of benzene rings is 1. The highest BCUT2D eigenvalue weighted by Gasteiger charge is 2.26. The fraction of sp³-hybridized carbons (Fsp3) is 0.429. The van der Waals surface area contributed by atoms with E-state index < -0.39 is 5.60 Å². The van der Waals surface area contributed by atoms with Crippen LogP contribution in [0, 0.1) is 13.8 Å². The average molecular weight is 465 g/mol. The Hall–Kier alpha value is -3.28. The summed E-state index contributed by atoms with van der Waals surface area (Å²) in [5.74, 6) is -0.712. The van der Waals surface area contributed by atoms with Gasteiger partial charge in [-0.1, -0.05) is 44.2 Å². The third kappa shape index (κ3) is 5.61. The topological polar surface area (TPSA) is 84.2 Å². The molecule has 0 saturated heterocycles. The minimum Gasteiger partial charge on any atom is -0.456 e. The molecule has 2 N–H and O–H groups in total. The molecule has 2 heterocycles. The van der Waals surface area contributed by atoms with Gasteiger partial charge in [-0.25, -0.2) is 9.59 Å². The molecule has 0 aliphatic heterocycles. The highest BCUT2D eigenvalue weighted by atomic mass is 16.6. The summed E-state index contributed by atoms with van der Waals surface area (Å²) in [6.07, 6.45) is 2.05. The Morgan fingerprint density at radius 2 is 1.44 bits per heavy atom. The zero-order valence-corrected chi connectivity index (χ0v) is 21.3. The van der Waals surface area contributed by atoms with Crippen LogP contribution in [0.4, 0.5) is 0 Å². The number of aromatic nitrogens is 2. The van der Waals surface area contributed by atoms with Gasteiger partial charge in [0, 0.05) is 17.8 Å². The third-order valence-electron chi connectivity index (χ3n) is 6.03. The van der Waals surface area contributed by atoms with Crippen LogP contribution in [0.3, 0.4) is 0 Å². The number of hydrogen-bond donors (Lipinski definition) is 2. The van der Waals surface area contributed by atoms with E-state index >= 15 is 0 Å². The van der Waals surface area contributed by atoms with Gasteiger partial charge in [-0.3, -0.25) is 0 Å². The summed E-state index contributed by atoms with van der Waals surface area (Å²) in [6, 6.07) is 9.63. The number of carbonyl (C=O) groups is 2. The first-order chi connectivity index (χ1) is 16.1. The van der Waals surface area contributed by atoms with Crippen LogP contribution < -0.4 is 0 Å². The van der Waals surface area contributed by atoms with Crippen LogP contribution in [0.25, 0.3) is 0 Å². The predicted octanol–water partition coefficient (Wildman–Crippen LogP) is 5.99. The van der Waals surface area contributed by atoms with Gasteiger partial charge in [-0.05, 0) is 75.3 Å². The molecule has 6 heteroatoms. The van der Waals surface area contributed by atoms with Crippen LogP contribution >= 0.6 is 0 Å². The average Bonchev–Trinajstić information content (AvgIpc) is 3.27. The number of rotatable bonds is 8. The molecule has 6 nitrogen and oxygen atoms in total. The standard InChI is InChI=1S/C28H36N2O4/c1-8-20-18(4)24(26(31)33-16-19-13-11-10-12-14-19)30-23(20)15-22-17(3)21(9-2)25(29-22)27(32)34-28(5,6)7/h10-14,29-30H,8-9,15-16H2,1-7H3. The lowest BCUT2D eigenvalue weighted by atomic mass is 10.0. The van der Waals surface area contributed by atoms with Crippen molar-refractivity contribution < 1.29 is 19.1 Å². The number of hydrogen-bond acceptors (Lipinski definition) is 4. The first-order valence-corrected chi connectivity index (χ1v) is 11.9. The first-order valence-electron chi connectivity index (χ1n) is 11.9. The first kappa shape index (κ1) is 25.3. The summed E-state index contributed by atoms with van der Waals surface area (Å²) in [7, 11) is 0. The van der Waals surface area contributed by atoms with Crippen molar-refractivity contribution in [2.45, 2.75) is 79.9 Å². The highest BCUT2D eigenvalue weighted by Crippen LogP contribution is 2.27. The maximum Gasteiger partial charge on any atom is 0.355 e. The Kier molecular flexibility index (Phi) is 7.70. The normalized spacial score (nSPS) is 11.5. The minimum atomic E-state index is -0.567. The zero-order valence-electron chi connectivity index (χ0n) is 21.3. The van der Waals surface area contributed by atoms with Gasteiger partial charge in [-0.2, -0.15) is 0 Å². The Bertz CT molecular complexity index is 1160. The lowest BCUT2D eigenvalue weighted by molar-refractivity contribution is 0.00619. The molecule has 0 saturated carbocycles. The number of carbonyl (C=O) groups excluding carboxylic acids is 2. The quantitative estimate of drug-likeness (QED) is 0.401. The second kappa shape index (κ2) is 10.3. The molecule has 34 heavy (non-hydrogen) atoms. The van der Waals surface area contributed by atoms with E-state index in [2.05, 4.69) is 16.9 Å². The van der Waals surface area contributed by atoms with E-state index in [0.29, 0.717) is 17.8 Å². The Morgan fingerprint density at radius 3 is 2.03 bits per heavy atom. The summed E-state index contributed by atoms with van der Waals surface area (Å²) in [5, 5.41) is 0. The number of nitrogens with one attached hydrogen (secondary N) is 2. The molecule has 3 rings (SSSR count). The molecule has 0 spiro atoms. The van der Waals surface area contributed by atoms with E-state index in [1.54, 1.807) is 0 Å². The van der Waals surface area contributed by atoms with Gasteiger partial charge < -0.3 is 19.4 Å². The van der Waals surface area contributed by atoms with E-state index in [4.69, 9.17) is 9.47 Å². The summed E-state index contributed by atoms with van der Waals surface area (Å²) in [6.45, 7) is 13.9. The fourth-order valence-corrected chi connectivity index (χ4v) is 4.31. The molecule has 0 radical (unpaired) electrons. The lowest BCUT2D eigenvalue weighted by Crippen LogP contribution is -2.24. The lowest BCUT2D eigenvalue weighted by Gasteiger charge is -2.19. The maximum atomic E-state index is 12.8.